The van der Waals surface area contributed by atoms with Crippen LogP contribution in [-0.2, 0) is 21.4 Å². The monoisotopic (exact) mass is 362 g/mol. The second-order valence-corrected chi connectivity index (χ2v) is 7.96. The smallest absolute Gasteiger partial charge is 0.310 e. The molecular formula is C23H38O3. The van der Waals surface area contributed by atoms with E-state index in [1.807, 2.05) is 12.1 Å². The van der Waals surface area contributed by atoms with Gasteiger partial charge in [0.25, 0.3) is 0 Å². The van der Waals surface area contributed by atoms with Gasteiger partial charge in [-0.25, -0.2) is 0 Å². The van der Waals surface area contributed by atoms with Crippen molar-refractivity contribution in [2.75, 3.05) is 6.61 Å². The zero-order valence-corrected chi connectivity index (χ0v) is 17.3. The minimum Gasteiger partial charge on any atom is -0.508 e. The number of esters is 1. The van der Waals surface area contributed by atoms with Crippen LogP contribution in [0.3, 0.4) is 0 Å². The van der Waals surface area contributed by atoms with Crippen LogP contribution in [-0.4, -0.2) is 17.7 Å². The van der Waals surface area contributed by atoms with Crippen molar-refractivity contribution in [3.8, 4) is 5.75 Å². The molecule has 3 heteroatoms. The molecule has 0 aliphatic rings. The van der Waals surface area contributed by atoms with E-state index in [0.717, 1.165) is 30.4 Å². The molecule has 0 aliphatic heterocycles. The lowest BCUT2D eigenvalue weighted by molar-refractivity contribution is -0.142. The van der Waals surface area contributed by atoms with E-state index in [1.54, 1.807) is 6.07 Å². The van der Waals surface area contributed by atoms with Crippen molar-refractivity contribution in [2.45, 2.75) is 97.3 Å². The Morgan fingerprint density at radius 2 is 1.62 bits per heavy atom. The first kappa shape index (κ1) is 22.5. The van der Waals surface area contributed by atoms with Crippen molar-refractivity contribution in [1.29, 1.82) is 0 Å². The van der Waals surface area contributed by atoms with Gasteiger partial charge in [-0.1, -0.05) is 84.8 Å². The Morgan fingerprint density at radius 1 is 1.00 bits per heavy atom. The Balaban J connectivity index is 2.30. The summed E-state index contributed by atoms with van der Waals surface area (Å²) in [7, 11) is 0. The van der Waals surface area contributed by atoms with Crippen LogP contribution in [0.15, 0.2) is 18.2 Å². The maximum absolute atomic E-state index is 12.1. The lowest BCUT2D eigenvalue weighted by Crippen LogP contribution is -2.16. The minimum atomic E-state index is -0.182. The summed E-state index contributed by atoms with van der Waals surface area (Å²) < 4.78 is 5.37. The van der Waals surface area contributed by atoms with Gasteiger partial charge in [-0.15, -0.1) is 0 Å². The van der Waals surface area contributed by atoms with Gasteiger partial charge in [-0.3, -0.25) is 4.79 Å². The minimum absolute atomic E-state index is 0.110. The van der Waals surface area contributed by atoms with Crippen molar-refractivity contribution in [3.05, 3.63) is 29.3 Å². The predicted molar refractivity (Wildman–Crippen MR) is 109 cm³/mol. The SMILES string of the molecule is CCCCCCCCCCOC(=O)Cc1ccc(O)c(C(C)(C)CC)c1. The molecule has 0 radical (unpaired) electrons. The fourth-order valence-electron chi connectivity index (χ4n) is 3.07. The summed E-state index contributed by atoms with van der Waals surface area (Å²) in [6.07, 6.45) is 11.1. The van der Waals surface area contributed by atoms with E-state index in [1.165, 1.54) is 38.5 Å². The second-order valence-electron chi connectivity index (χ2n) is 7.96. The predicted octanol–water partition coefficient (Wildman–Crippen LogP) is 6.31. The van der Waals surface area contributed by atoms with Crippen LogP contribution in [0.25, 0.3) is 0 Å². The molecule has 148 valence electrons. The zero-order valence-electron chi connectivity index (χ0n) is 17.3. The molecule has 1 N–H and O–H groups in total. The van der Waals surface area contributed by atoms with Crippen molar-refractivity contribution in [1.82, 2.24) is 0 Å². The number of ether oxygens (including phenoxy) is 1. The van der Waals surface area contributed by atoms with E-state index in [4.69, 9.17) is 4.74 Å². The van der Waals surface area contributed by atoms with Crippen molar-refractivity contribution < 1.29 is 14.6 Å². The Hall–Kier alpha value is -1.51. The van der Waals surface area contributed by atoms with E-state index in [9.17, 15) is 9.90 Å². The Bertz CT molecular complexity index is 534. The van der Waals surface area contributed by atoms with Gasteiger partial charge in [0.05, 0.1) is 13.0 Å². The molecule has 0 amide bonds. The first-order valence-corrected chi connectivity index (χ1v) is 10.4. The second kappa shape index (κ2) is 12.0. The van der Waals surface area contributed by atoms with E-state index < -0.39 is 0 Å². The largest absolute Gasteiger partial charge is 0.508 e. The summed E-state index contributed by atoms with van der Waals surface area (Å²) >= 11 is 0. The van der Waals surface area contributed by atoms with E-state index in [-0.39, 0.29) is 17.8 Å². The highest BCUT2D eigenvalue weighted by molar-refractivity contribution is 5.72. The fourth-order valence-corrected chi connectivity index (χ4v) is 3.07. The molecule has 3 nitrogen and oxygen atoms in total. The lowest BCUT2D eigenvalue weighted by Gasteiger charge is -2.25. The molecule has 0 spiro atoms. The van der Waals surface area contributed by atoms with Crippen LogP contribution in [0.1, 0.15) is 96.6 Å². The fraction of sp³-hybridized carbons (Fsp3) is 0.696. The summed E-state index contributed by atoms with van der Waals surface area (Å²) in [5.74, 6) is 0.117. The zero-order chi connectivity index (χ0) is 19.4. The van der Waals surface area contributed by atoms with E-state index in [2.05, 4.69) is 27.7 Å². The van der Waals surface area contributed by atoms with E-state index >= 15 is 0 Å². The topological polar surface area (TPSA) is 46.5 Å². The number of carbonyl (C=O) groups excluding carboxylic acids is 1. The van der Waals surface area contributed by atoms with Crippen LogP contribution in [0.4, 0.5) is 0 Å². The number of unbranched alkanes of at least 4 members (excludes halogenated alkanes) is 7. The number of hydrogen-bond donors (Lipinski definition) is 1. The third-order valence-electron chi connectivity index (χ3n) is 5.28. The first-order chi connectivity index (χ1) is 12.4. The molecule has 0 aliphatic carbocycles. The van der Waals surface area contributed by atoms with Gasteiger partial charge < -0.3 is 9.84 Å². The Kier molecular flexibility index (Phi) is 10.4. The molecule has 1 aromatic rings. The summed E-state index contributed by atoms with van der Waals surface area (Å²) in [6.45, 7) is 9.06. The molecule has 0 bridgehead atoms. The number of carbonyl (C=O) groups is 1. The first-order valence-electron chi connectivity index (χ1n) is 10.4. The van der Waals surface area contributed by atoms with Crippen molar-refractivity contribution >= 4 is 5.97 Å². The van der Waals surface area contributed by atoms with Gasteiger partial charge in [0, 0.05) is 0 Å². The summed E-state index contributed by atoms with van der Waals surface area (Å²) in [4.78, 5) is 12.1. The quantitative estimate of drug-likeness (QED) is 0.330. The summed E-state index contributed by atoms with van der Waals surface area (Å²) in [5, 5.41) is 10.1. The molecular weight excluding hydrogens is 324 g/mol. The molecule has 0 fully saturated rings. The van der Waals surface area contributed by atoms with Crippen LogP contribution < -0.4 is 0 Å². The van der Waals surface area contributed by atoms with Gasteiger partial charge in [0.1, 0.15) is 5.75 Å². The number of rotatable bonds is 13. The summed E-state index contributed by atoms with van der Waals surface area (Å²) in [5.41, 5.74) is 1.69. The maximum atomic E-state index is 12.1. The van der Waals surface area contributed by atoms with Gasteiger partial charge in [-0.2, -0.15) is 0 Å². The Morgan fingerprint density at radius 3 is 2.23 bits per heavy atom. The van der Waals surface area contributed by atoms with Crippen molar-refractivity contribution in [3.63, 3.8) is 0 Å². The van der Waals surface area contributed by atoms with Crippen molar-refractivity contribution in [2.24, 2.45) is 0 Å². The third kappa shape index (κ3) is 8.25. The molecule has 0 saturated heterocycles. The van der Waals surface area contributed by atoms with Gasteiger partial charge in [0.2, 0.25) is 0 Å². The van der Waals surface area contributed by atoms with Gasteiger partial charge in [0.15, 0.2) is 0 Å². The standard InChI is InChI=1S/C23H38O3/c1-5-7-8-9-10-11-12-13-16-26-22(25)18-19-14-15-21(24)20(17-19)23(3,4)6-2/h14-15,17,24H,5-13,16,18H2,1-4H3. The molecule has 0 aromatic heterocycles. The lowest BCUT2D eigenvalue weighted by atomic mass is 9.81. The van der Waals surface area contributed by atoms with Crippen LogP contribution in [0.5, 0.6) is 5.75 Å². The molecule has 0 unspecified atom stereocenters. The third-order valence-corrected chi connectivity index (χ3v) is 5.28. The van der Waals surface area contributed by atoms with Gasteiger partial charge in [-0.05, 0) is 35.4 Å². The summed E-state index contributed by atoms with van der Waals surface area (Å²) in [6, 6.07) is 5.44. The van der Waals surface area contributed by atoms with Crippen LogP contribution in [0.2, 0.25) is 0 Å². The molecule has 0 saturated carbocycles. The van der Waals surface area contributed by atoms with Crippen LogP contribution in [0, 0.1) is 0 Å². The number of phenols is 1. The highest BCUT2D eigenvalue weighted by Crippen LogP contribution is 2.34. The van der Waals surface area contributed by atoms with E-state index in [0.29, 0.717) is 12.4 Å². The highest BCUT2D eigenvalue weighted by atomic mass is 16.5. The Labute approximate surface area is 160 Å². The molecule has 1 rings (SSSR count). The molecule has 0 heterocycles. The van der Waals surface area contributed by atoms with Crippen LogP contribution >= 0.6 is 0 Å². The number of benzene rings is 1. The number of hydrogen-bond acceptors (Lipinski definition) is 3. The normalized spacial score (nSPS) is 11.5. The molecule has 26 heavy (non-hydrogen) atoms. The average Bonchev–Trinajstić information content (AvgIpc) is 2.61. The highest BCUT2D eigenvalue weighted by Gasteiger charge is 2.22. The maximum Gasteiger partial charge on any atom is 0.310 e. The average molecular weight is 363 g/mol. The number of phenolic OH excluding ortho intramolecular Hbond substituents is 1. The molecule has 1 aromatic carbocycles. The van der Waals surface area contributed by atoms with Gasteiger partial charge >= 0.3 is 5.97 Å². The molecule has 0 atom stereocenters. The number of aromatic hydroxyl groups is 1.